The Kier molecular flexibility index (Phi) is 4.95. The lowest BCUT2D eigenvalue weighted by atomic mass is 9.69. The molecule has 2 aromatic rings. The van der Waals surface area contributed by atoms with E-state index in [0.29, 0.717) is 11.8 Å². The van der Waals surface area contributed by atoms with Gasteiger partial charge in [0, 0.05) is 18.3 Å². The predicted octanol–water partition coefficient (Wildman–Crippen LogP) is 7.16. The highest BCUT2D eigenvalue weighted by Crippen LogP contribution is 2.48. The van der Waals surface area contributed by atoms with Crippen LogP contribution in [0.3, 0.4) is 0 Å². The Morgan fingerprint density at radius 3 is 2.00 bits per heavy atom. The molecule has 0 amide bonds. The zero-order valence-corrected chi connectivity index (χ0v) is 19.5. The molecule has 0 saturated heterocycles. The average Bonchev–Trinajstić information content (AvgIpc) is 2.73. The molecule has 2 aliphatic heterocycles. The second-order valence-corrected chi connectivity index (χ2v) is 11.2. The smallest absolute Gasteiger partial charge is 0.123 e. The fourth-order valence-corrected chi connectivity index (χ4v) is 6.11. The Labute approximate surface area is 187 Å². The number of fused-ring (bicyclic) bond motifs is 4. The lowest BCUT2D eigenvalue weighted by Gasteiger charge is -2.47. The molecule has 3 aliphatic rings. The number of hydrogen-bond donors (Lipinski definition) is 0. The third kappa shape index (κ3) is 3.90. The van der Waals surface area contributed by atoms with E-state index in [-0.39, 0.29) is 16.6 Å². The maximum absolute atomic E-state index is 6.81. The van der Waals surface area contributed by atoms with E-state index in [4.69, 9.17) is 9.47 Å². The molecule has 2 aromatic carbocycles. The van der Waals surface area contributed by atoms with Crippen LogP contribution in [0.1, 0.15) is 64.5 Å². The van der Waals surface area contributed by atoms with E-state index in [0.717, 1.165) is 50.0 Å². The van der Waals surface area contributed by atoms with Gasteiger partial charge in [0.15, 0.2) is 0 Å². The average molecular weight is 417 g/mol. The molecule has 0 radical (unpaired) electrons. The van der Waals surface area contributed by atoms with Gasteiger partial charge in [-0.1, -0.05) is 62.4 Å². The van der Waals surface area contributed by atoms with E-state index in [2.05, 4.69) is 88.4 Å². The monoisotopic (exact) mass is 416 g/mol. The molecule has 0 unspecified atom stereocenters. The van der Waals surface area contributed by atoms with Crippen LogP contribution in [0.5, 0.6) is 11.5 Å². The Balaban J connectivity index is 1.52. The number of para-hydroxylation sites is 2. The van der Waals surface area contributed by atoms with E-state index in [1.807, 2.05) is 0 Å². The molecule has 31 heavy (non-hydrogen) atoms. The first-order chi connectivity index (χ1) is 14.8. The fraction of sp³-hybridized carbons (Fsp3) is 0.517. The summed E-state index contributed by atoms with van der Waals surface area (Å²) in [5.41, 5.74) is 2.51. The van der Waals surface area contributed by atoms with E-state index in [1.165, 1.54) is 11.1 Å². The largest absolute Gasteiger partial charge is 0.487 e. The summed E-state index contributed by atoms with van der Waals surface area (Å²) in [5, 5.41) is 0. The summed E-state index contributed by atoms with van der Waals surface area (Å²) in [6, 6.07) is 17.2. The molecule has 0 bridgehead atoms. The first kappa shape index (κ1) is 20.7. The van der Waals surface area contributed by atoms with Crippen LogP contribution < -0.4 is 9.47 Å². The van der Waals surface area contributed by atoms with E-state index in [1.54, 1.807) is 0 Å². The van der Waals surface area contributed by atoms with Gasteiger partial charge in [-0.2, -0.15) is 0 Å². The van der Waals surface area contributed by atoms with E-state index in [9.17, 15) is 0 Å². The van der Waals surface area contributed by atoms with Crippen molar-refractivity contribution in [1.29, 1.82) is 0 Å². The van der Waals surface area contributed by atoms with Crippen LogP contribution in [0.4, 0.5) is 0 Å². The third-order valence-corrected chi connectivity index (χ3v) is 8.15. The molecule has 0 saturated carbocycles. The van der Waals surface area contributed by atoms with Crippen molar-refractivity contribution in [2.75, 3.05) is 0 Å². The number of benzene rings is 2. The molecular formula is C29H36O2. The Morgan fingerprint density at radius 2 is 1.32 bits per heavy atom. The van der Waals surface area contributed by atoms with Crippen LogP contribution in [0.2, 0.25) is 0 Å². The van der Waals surface area contributed by atoms with Crippen molar-refractivity contribution >= 4 is 0 Å². The topological polar surface area (TPSA) is 18.5 Å². The number of allylic oxidation sites excluding steroid dienone is 1. The number of ether oxygens (including phenoxy) is 2. The summed E-state index contributed by atoms with van der Waals surface area (Å²) < 4.78 is 13.5. The fourth-order valence-electron chi connectivity index (χ4n) is 6.11. The standard InChI is InChI=1S/C29H36O2/c1-27(2)15-9-16-28(3)23(18-21-10-5-7-12-25(21)30-28)14-17-29(4)24(20-27)19-22-11-6-8-13-26(22)31-29/h5-13,15,23-24H,14,16-20H2,1-4H3/b15-9-/t23-,24+,28+,29+/m0/s1. The molecular weight excluding hydrogens is 380 g/mol. The van der Waals surface area contributed by atoms with Crippen molar-refractivity contribution in [2.45, 2.75) is 77.4 Å². The quantitative estimate of drug-likeness (QED) is 0.424. The summed E-state index contributed by atoms with van der Waals surface area (Å²) in [5.74, 6) is 3.13. The molecule has 1 aliphatic carbocycles. The molecule has 0 N–H and O–H groups in total. The van der Waals surface area contributed by atoms with Gasteiger partial charge in [-0.15, -0.1) is 0 Å². The lowest BCUT2D eigenvalue weighted by Crippen LogP contribution is -2.49. The summed E-state index contributed by atoms with van der Waals surface area (Å²) in [6.45, 7) is 9.43. The van der Waals surface area contributed by atoms with Crippen molar-refractivity contribution in [3.63, 3.8) is 0 Å². The van der Waals surface area contributed by atoms with E-state index < -0.39 is 0 Å². The second-order valence-electron chi connectivity index (χ2n) is 11.2. The van der Waals surface area contributed by atoms with Gasteiger partial charge in [0.25, 0.3) is 0 Å². The van der Waals surface area contributed by atoms with Gasteiger partial charge >= 0.3 is 0 Å². The van der Waals surface area contributed by atoms with E-state index >= 15 is 0 Å². The maximum Gasteiger partial charge on any atom is 0.123 e. The summed E-state index contributed by atoms with van der Waals surface area (Å²) in [6.07, 6.45) is 11.3. The summed E-state index contributed by atoms with van der Waals surface area (Å²) >= 11 is 0. The van der Waals surface area contributed by atoms with Crippen LogP contribution in [0.15, 0.2) is 60.7 Å². The van der Waals surface area contributed by atoms with Gasteiger partial charge in [-0.3, -0.25) is 0 Å². The highest BCUT2D eigenvalue weighted by atomic mass is 16.5. The van der Waals surface area contributed by atoms with Crippen molar-refractivity contribution in [2.24, 2.45) is 17.3 Å². The van der Waals surface area contributed by atoms with Gasteiger partial charge in [0.05, 0.1) is 0 Å². The lowest BCUT2D eigenvalue weighted by molar-refractivity contribution is -0.0357. The van der Waals surface area contributed by atoms with Crippen LogP contribution >= 0.6 is 0 Å². The zero-order valence-electron chi connectivity index (χ0n) is 19.5. The highest BCUT2D eigenvalue weighted by molar-refractivity contribution is 5.38. The molecule has 2 heterocycles. The SMILES string of the molecule is CC1(C)/C=C\C[C@@]2(C)Oc3ccccc3C[C@@H]2CC[C@@]2(C)Oc3ccccc3C[C@@H]2C1. The number of rotatable bonds is 0. The molecule has 164 valence electrons. The minimum absolute atomic E-state index is 0.129. The molecule has 5 rings (SSSR count). The second kappa shape index (κ2) is 7.43. The summed E-state index contributed by atoms with van der Waals surface area (Å²) in [7, 11) is 0. The van der Waals surface area contributed by atoms with Crippen LogP contribution in [-0.4, -0.2) is 11.2 Å². The molecule has 2 nitrogen and oxygen atoms in total. The predicted molar refractivity (Wildman–Crippen MR) is 127 cm³/mol. The molecule has 0 fully saturated rings. The summed E-state index contributed by atoms with van der Waals surface area (Å²) in [4.78, 5) is 0. The van der Waals surface area contributed by atoms with Gasteiger partial charge in [0.1, 0.15) is 22.7 Å². The van der Waals surface area contributed by atoms with Crippen molar-refractivity contribution in [3.05, 3.63) is 71.8 Å². The third-order valence-electron chi connectivity index (χ3n) is 8.15. The first-order valence-corrected chi connectivity index (χ1v) is 12.0. The maximum atomic E-state index is 6.81. The van der Waals surface area contributed by atoms with Gasteiger partial charge in [0.2, 0.25) is 0 Å². The minimum atomic E-state index is -0.177. The van der Waals surface area contributed by atoms with Gasteiger partial charge < -0.3 is 9.47 Å². The number of hydrogen-bond acceptors (Lipinski definition) is 2. The van der Waals surface area contributed by atoms with Crippen molar-refractivity contribution < 1.29 is 9.47 Å². The molecule has 2 heteroatoms. The van der Waals surface area contributed by atoms with Gasteiger partial charge in [-0.05, 0) is 74.6 Å². The Hall–Kier alpha value is -2.22. The highest BCUT2D eigenvalue weighted by Gasteiger charge is 2.46. The van der Waals surface area contributed by atoms with Crippen molar-refractivity contribution in [1.82, 2.24) is 0 Å². The van der Waals surface area contributed by atoms with Crippen molar-refractivity contribution in [3.8, 4) is 11.5 Å². The molecule has 0 spiro atoms. The Morgan fingerprint density at radius 1 is 0.742 bits per heavy atom. The molecule has 4 atom stereocenters. The van der Waals surface area contributed by atoms with Crippen LogP contribution in [0.25, 0.3) is 0 Å². The van der Waals surface area contributed by atoms with Crippen LogP contribution in [0, 0.1) is 17.3 Å². The van der Waals surface area contributed by atoms with Gasteiger partial charge in [-0.25, -0.2) is 0 Å². The van der Waals surface area contributed by atoms with Crippen LogP contribution in [-0.2, 0) is 12.8 Å². The molecule has 0 aromatic heterocycles. The zero-order chi connectivity index (χ0) is 21.7. The normalized spacial score (nSPS) is 35.0. The first-order valence-electron chi connectivity index (χ1n) is 12.0. The Bertz CT molecular complexity index is 990. The minimum Gasteiger partial charge on any atom is -0.487 e.